The van der Waals surface area contributed by atoms with Crippen molar-refractivity contribution in [2.24, 2.45) is 0 Å². The highest BCUT2D eigenvalue weighted by atomic mass is 35.5. The predicted molar refractivity (Wildman–Crippen MR) is 169 cm³/mol. The molecule has 1 unspecified atom stereocenters. The van der Waals surface area contributed by atoms with Crippen LogP contribution in [0.5, 0.6) is 5.75 Å². The maximum atomic E-state index is 13.7. The number of carbonyl (C=O) groups is 2. The minimum Gasteiger partial charge on any atom is -0.472 e. The van der Waals surface area contributed by atoms with E-state index in [1.165, 1.54) is 7.11 Å². The van der Waals surface area contributed by atoms with Gasteiger partial charge in [-0.1, -0.05) is 47.5 Å². The molecule has 1 amide bonds. The van der Waals surface area contributed by atoms with Gasteiger partial charge in [0.05, 0.1) is 66.5 Å². The van der Waals surface area contributed by atoms with Crippen molar-refractivity contribution in [2.45, 2.75) is 19.2 Å². The maximum absolute atomic E-state index is 13.7. The summed E-state index contributed by atoms with van der Waals surface area (Å²) >= 11 is 13.3. The Morgan fingerprint density at radius 1 is 0.978 bits per heavy atom. The van der Waals surface area contributed by atoms with E-state index in [0.717, 1.165) is 46.5 Å². The van der Waals surface area contributed by atoms with Crippen LogP contribution >= 0.6 is 23.2 Å². The van der Waals surface area contributed by atoms with E-state index in [1.54, 1.807) is 34.0 Å². The minimum absolute atomic E-state index is 0.0159. The number of anilines is 1. The Balaban J connectivity index is 1.14. The summed E-state index contributed by atoms with van der Waals surface area (Å²) in [5, 5.41) is 4.88. The van der Waals surface area contributed by atoms with E-state index in [1.807, 2.05) is 36.5 Å². The fourth-order valence-electron chi connectivity index (χ4n) is 5.86. The number of esters is 1. The van der Waals surface area contributed by atoms with Crippen LogP contribution in [0.25, 0.3) is 22.3 Å². The highest BCUT2D eigenvalue weighted by molar-refractivity contribution is 6.40. The maximum Gasteiger partial charge on any atom is 0.339 e. The number of morpholine rings is 1. The summed E-state index contributed by atoms with van der Waals surface area (Å²) in [5.74, 6) is -0.0456. The number of benzene rings is 3. The van der Waals surface area contributed by atoms with Gasteiger partial charge in [0.15, 0.2) is 13.0 Å². The standard InChI is InChI=1S/C33H30Cl2N4O6/c1-42-33(41)25-6-5-20(15-28(25)37-8-11-43-12-9-37)24-4-2-3-21-17-38(19-45-31(21)24)32(40)30-26(34)13-22(14-27(30)35)23-16-36-39(18-23)29-7-10-44-29/h2-6,13-16,18,29H,7-12,17,19H2,1H3. The Morgan fingerprint density at radius 3 is 2.47 bits per heavy atom. The summed E-state index contributed by atoms with van der Waals surface area (Å²) < 4.78 is 24.1. The smallest absolute Gasteiger partial charge is 0.339 e. The van der Waals surface area contributed by atoms with Crippen LogP contribution in [0.2, 0.25) is 10.0 Å². The second-order valence-electron chi connectivity index (χ2n) is 11.0. The molecule has 1 atom stereocenters. The molecule has 12 heteroatoms. The Hall–Kier alpha value is -4.09. The fraction of sp³-hybridized carbons (Fsp3) is 0.303. The Morgan fingerprint density at radius 2 is 1.76 bits per heavy atom. The van der Waals surface area contributed by atoms with Gasteiger partial charge < -0.3 is 28.7 Å². The molecule has 0 bridgehead atoms. The number of fused-ring (bicyclic) bond motifs is 1. The lowest BCUT2D eigenvalue weighted by Gasteiger charge is -2.32. The monoisotopic (exact) mass is 648 g/mol. The van der Waals surface area contributed by atoms with Crippen molar-refractivity contribution in [1.29, 1.82) is 0 Å². The van der Waals surface area contributed by atoms with Crippen molar-refractivity contribution in [1.82, 2.24) is 14.7 Å². The van der Waals surface area contributed by atoms with Gasteiger partial charge in [0.25, 0.3) is 5.91 Å². The quantitative estimate of drug-likeness (QED) is 0.233. The van der Waals surface area contributed by atoms with Gasteiger partial charge in [-0.3, -0.25) is 4.79 Å². The molecule has 0 saturated carbocycles. The largest absolute Gasteiger partial charge is 0.472 e. The summed E-state index contributed by atoms with van der Waals surface area (Å²) in [6.07, 6.45) is 4.47. The van der Waals surface area contributed by atoms with Gasteiger partial charge in [-0.2, -0.15) is 5.10 Å². The molecular weight excluding hydrogens is 619 g/mol. The molecule has 2 saturated heterocycles. The number of carbonyl (C=O) groups excluding carboxylic acids is 2. The van der Waals surface area contributed by atoms with Crippen molar-refractivity contribution < 1.29 is 28.5 Å². The van der Waals surface area contributed by atoms with E-state index in [0.29, 0.717) is 44.2 Å². The molecule has 0 N–H and O–H groups in total. The SMILES string of the molecule is COC(=O)c1ccc(-c2cccc3c2OCN(C(=O)c2c(Cl)cc(-c4cnn(C5CCO5)c4)cc2Cl)C3)cc1N1CCOCC1. The van der Waals surface area contributed by atoms with Crippen LogP contribution in [0.3, 0.4) is 0 Å². The topological polar surface area (TPSA) is 95.4 Å². The normalized spacial score (nSPS) is 17.7. The van der Waals surface area contributed by atoms with Gasteiger partial charge in [-0.05, 0) is 35.4 Å². The molecule has 3 aliphatic heterocycles. The van der Waals surface area contributed by atoms with Crippen LogP contribution in [-0.4, -0.2) is 73.3 Å². The van der Waals surface area contributed by atoms with Crippen LogP contribution in [0.1, 0.15) is 38.9 Å². The van der Waals surface area contributed by atoms with Gasteiger partial charge in [0, 0.05) is 42.4 Å². The Bertz CT molecular complexity index is 1760. The molecule has 45 heavy (non-hydrogen) atoms. The molecule has 0 aliphatic carbocycles. The van der Waals surface area contributed by atoms with Crippen LogP contribution in [0.4, 0.5) is 5.69 Å². The van der Waals surface area contributed by atoms with Crippen molar-refractivity contribution in [3.05, 3.63) is 87.7 Å². The van der Waals surface area contributed by atoms with Crippen LogP contribution in [-0.2, 0) is 20.8 Å². The zero-order chi connectivity index (χ0) is 31.1. The van der Waals surface area contributed by atoms with E-state index in [4.69, 9.17) is 42.1 Å². The first kappa shape index (κ1) is 29.6. The zero-order valence-corrected chi connectivity index (χ0v) is 26.0. The molecular formula is C33H30Cl2N4O6. The summed E-state index contributed by atoms with van der Waals surface area (Å²) in [7, 11) is 1.38. The fourth-order valence-corrected chi connectivity index (χ4v) is 6.51. The predicted octanol–water partition coefficient (Wildman–Crippen LogP) is 6.06. The number of methoxy groups -OCH3 is 1. The van der Waals surface area contributed by atoms with E-state index in [-0.39, 0.29) is 34.5 Å². The number of hydrogen-bond acceptors (Lipinski definition) is 8. The van der Waals surface area contributed by atoms with Gasteiger partial charge in [-0.15, -0.1) is 0 Å². The van der Waals surface area contributed by atoms with E-state index < -0.39 is 5.97 Å². The average molecular weight is 650 g/mol. The first-order chi connectivity index (χ1) is 21.9. The van der Waals surface area contributed by atoms with Crippen LogP contribution in [0.15, 0.2) is 60.9 Å². The second kappa shape index (κ2) is 12.4. The molecule has 4 heterocycles. The van der Waals surface area contributed by atoms with Crippen LogP contribution in [0, 0.1) is 0 Å². The molecule has 0 radical (unpaired) electrons. The highest BCUT2D eigenvalue weighted by Gasteiger charge is 2.29. The van der Waals surface area contributed by atoms with Crippen molar-refractivity contribution in [2.75, 3.05) is 51.7 Å². The second-order valence-corrected chi connectivity index (χ2v) is 11.8. The van der Waals surface area contributed by atoms with Gasteiger partial charge in [-0.25, -0.2) is 9.48 Å². The first-order valence-electron chi connectivity index (χ1n) is 14.7. The lowest BCUT2D eigenvalue weighted by atomic mass is 9.97. The minimum atomic E-state index is -0.396. The van der Waals surface area contributed by atoms with Crippen molar-refractivity contribution in [3.63, 3.8) is 0 Å². The number of rotatable bonds is 6. The molecule has 4 aromatic rings. The molecule has 1 aromatic heterocycles. The highest BCUT2D eigenvalue weighted by Crippen LogP contribution is 2.40. The summed E-state index contributed by atoms with van der Waals surface area (Å²) in [6, 6.07) is 14.9. The number of para-hydroxylation sites is 1. The first-order valence-corrected chi connectivity index (χ1v) is 15.4. The van der Waals surface area contributed by atoms with Crippen LogP contribution < -0.4 is 9.64 Å². The number of halogens is 2. The number of amides is 1. The number of hydrogen-bond donors (Lipinski definition) is 0. The third-order valence-electron chi connectivity index (χ3n) is 8.34. The number of aromatic nitrogens is 2. The Kier molecular flexibility index (Phi) is 8.14. The lowest BCUT2D eigenvalue weighted by Crippen LogP contribution is -2.37. The molecule has 7 rings (SSSR count). The summed E-state index contributed by atoms with van der Waals surface area (Å²) in [4.78, 5) is 30.0. The zero-order valence-electron chi connectivity index (χ0n) is 24.5. The molecule has 0 spiro atoms. The van der Waals surface area contributed by atoms with Gasteiger partial charge in [0.2, 0.25) is 0 Å². The molecule has 3 aliphatic rings. The van der Waals surface area contributed by atoms with E-state index >= 15 is 0 Å². The summed E-state index contributed by atoms with van der Waals surface area (Å²) in [6.45, 7) is 3.54. The van der Waals surface area contributed by atoms with E-state index in [2.05, 4.69) is 10.00 Å². The average Bonchev–Trinajstić information content (AvgIpc) is 3.52. The third kappa shape index (κ3) is 5.63. The van der Waals surface area contributed by atoms with Gasteiger partial charge >= 0.3 is 5.97 Å². The third-order valence-corrected chi connectivity index (χ3v) is 8.93. The Labute approximate surface area is 269 Å². The lowest BCUT2D eigenvalue weighted by molar-refractivity contribution is -0.106. The van der Waals surface area contributed by atoms with Crippen molar-refractivity contribution in [3.8, 4) is 28.0 Å². The molecule has 232 valence electrons. The van der Waals surface area contributed by atoms with Crippen molar-refractivity contribution >= 4 is 40.8 Å². The number of ether oxygens (including phenoxy) is 4. The van der Waals surface area contributed by atoms with Gasteiger partial charge in [0.1, 0.15) is 5.75 Å². The molecule has 2 fully saturated rings. The molecule has 3 aromatic carbocycles. The summed E-state index contributed by atoms with van der Waals surface area (Å²) in [5.41, 5.74) is 5.66. The number of nitrogens with zero attached hydrogens (tertiary/aromatic N) is 4. The molecule has 10 nitrogen and oxygen atoms in total. The van der Waals surface area contributed by atoms with E-state index in [9.17, 15) is 9.59 Å².